The van der Waals surface area contributed by atoms with Gasteiger partial charge in [-0.15, -0.1) is 0 Å². The Morgan fingerprint density at radius 3 is 2.63 bits per heavy atom. The van der Waals surface area contributed by atoms with Gasteiger partial charge < -0.3 is 20.3 Å². The van der Waals surface area contributed by atoms with Crippen LogP contribution in [-0.2, 0) is 25.7 Å². The molecule has 1 atom stereocenters. The van der Waals surface area contributed by atoms with Crippen molar-refractivity contribution in [3.8, 4) is 0 Å². The number of benzene rings is 1. The number of ether oxygens (including phenoxy) is 1. The molecule has 0 radical (unpaired) electrons. The minimum atomic E-state index is -0.780. The number of esters is 1. The van der Waals surface area contributed by atoms with Gasteiger partial charge in [-0.1, -0.05) is 19.2 Å². The fraction of sp³-hybridized carbons (Fsp3) is 0.333. The van der Waals surface area contributed by atoms with Gasteiger partial charge in [0, 0.05) is 42.9 Å². The summed E-state index contributed by atoms with van der Waals surface area (Å²) in [7, 11) is 1.17. The van der Waals surface area contributed by atoms with E-state index in [9.17, 15) is 19.2 Å². The highest BCUT2D eigenvalue weighted by Gasteiger charge is 2.35. The van der Waals surface area contributed by atoms with Gasteiger partial charge >= 0.3 is 5.97 Å². The predicted octanol–water partition coefficient (Wildman–Crippen LogP) is 0.674. The molecule has 1 fully saturated rings. The van der Waals surface area contributed by atoms with Crippen LogP contribution >= 0.6 is 0 Å². The van der Waals surface area contributed by atoms with Gasteiger partial charge in [0.25, 0.3) is 11.8 Å². The third kappa shape index (κ3) is 4.05. The van der Waals surface area contributed by atoms with Gasteiger partial charge in [0.05, 0.1) is 13.7 Å². The first-order valence-electron chi connectivity index (χ1n) is 9.46. The van der Waals surface area contributed by atoms with Crippen LogP contribution in [0.2, 0.25) is 0 Å². The normalized spacial score (nSPS) is 17.4. The fourth-order valence-electron chi connectivity index (χ4n) is 3.72. The van der Waals surface area contributed by atoms with Crippen molar-refractivity contribution >= 4 is 29.4 Å². The number of amides is 3. The summed E-state index contributed by atoms with van der Waals surface area (Å²) in [5, 5.41) is 5.22. The van der Waals surface area contributed by atoms with E-state index in [1.807, 2.05) is 6.07 Å². The van der Waals surface area contributed by atoms with E-state index in [0.717, 1.165) is 24.2 Å². The molecule has 2 N–H and O–H groups in total. The van der Waals surface area contributed by atoms with Crippen LogP contribution in [0.25, 0.3) is 0 Å². The lowest BCUT2D eigenvalue weighted by Gasteiger charge is -2.22. The lowest BCUT2D eigenvalue weighted by molar-refractivity contribution is -0.137. The summed E-state index contributed by atoms with van der Waals surface area (Å²) in [6, 6.07) is 5.48. The standard InChI is InChI=1S/C21H24N4O5/c1-12(21(29)30-4)22-19(27)13(2)25-11-17-16(20(25)28)6-5-7-18(17)24-9-8-15(10-24)23-14(3)26/h5-7,15H,1-2,8-11H2,3-4H3,(H,22,27)(H,23,26). The molecule has 3 rings (SSSR count). The maximum Gasteiger partial charge on any atom is 0.353 e. The molecule has 9 nitrogen and oxygen atoms in total. The average Bonchev–Trinajstić information content (AvgIpc) is 3.30. The van der Waals surface area contributed by atoms with Gasteiger partial charge in [-0.25, -0.2) is 4.79 Å². The van der Waals surface area contributed by atoms with Crippen LogP contribution in [0.1, 0.15) is 29.3 Å². The van der Waals surface area contributed by atoms with Crippen LogP contribution in [0, 0.1) is 0 Å². The zero-order chi connectivity index (χ0) is 22.0. The monoisotopic (exact) mass is 412 g/mol. The molecule has 0 bridgehead atoms. The number of rotatable bonds is 6. The SMILES string of the molecule is C=C(NC(=O)C(=C)N1Cc2c(cccc2N2CCC(NC(C)=O)C2)C1=O)C(=O)OC. The molecule has 158 valence electrons. The maximum atomic E-state index is 12.9. The number of carbonyl (C=O) groups excluding carboxylic acids is 4. The molecule has 30 heavy (non-hydrogen) atoms. The molecule has 1 aromatic rings. The maximum absolute atomic E-state index is 12.9. The zero-order valence-electron chi connectivity index (χ0n) is 17.0. The summed E-state index contributed by atoms with van der Waals surface area (Å²) >= 11 is 0. The highest BCUT2D eigenvalue weighted by Crippen LogP contribution is 2.34. The van der Waals surface area contributed by atoms with Gasteiger partial charge in [-0.2, -0.15) is 0 Å². The van der Waals surface area contributed by atoms with Crippen molar-refractivity contribution in [2.24, 2.45) is 0 Å². The topological polar surface area (TPSA) is 108 Å². The molecule has 3 amide bonds. The molecule has 0 aliphatic carbocycles. The Kier molecular flexibility index (Phi) is 5.91. The molecule has 2 aliphatic rings. The Balaban J connectivity index is 1.75. The first-order valence-corrected chi connectivity index (χ1v) is 9.46. The molecule has 9 heteroatoms. The second-order valence-electron chi connectivity index (χ2n) is 7.20. The molecule has 0 aromatic heterocycles. The summed E-state index contributed by atoms with van der Waals surface area (Å²) in [6.45, 7) is 10.2. The molecule has 2 heterocycles. The van der Waals surface area contributed by atoms with Crippen LogP contribution < -0.4 is 15.5 Å². The van der Waals surface area contributed by atoms with Crippen LogP contribution in [-0.4, -0.2) is 54.8 Å². The van der Waals surface area contributed by atoms with Gasteiger partial charge in [0.2, 0.25) is 5.91 Å². The van der Waals surface area contributed by atoms with Crippen molar-refractivity contribution in [1.29, 1.82) is 0 Å². The van der Waals surface area contributed by atoms with E-state index in [2.05, 4.69) is 33.4 Å². The zero-order valence-corrected chi connectivity index (χ0v) is 17.0. The Bertz CT molecular complexity index is 955. The smallest absolute Gasteiger partial charge is 0.353 e. The summed E-state index contributed by atoms with van der Waals surface area (Å²) in [5.41, 5.74) is 1.85. The second kappa shape index (κ2) is 8.40. The Morgan fingerprint density at radius 1 is 1.23 bits per heavy atom. The minimum Gasteiger partial charge on any atom is -0.464 e. The van der Waals surface area contributed by atoms with Crippen LogP contribution in [0.15, 0.2) is 42.8 Å². The van der Waals surface area contributed by atoms with Crippen molar-refractivity contribution < 1.29 is 23.9 Å². The number of methoxy groups -OCH3 is 1. The number of fused-ring (bicyclic) bond motifs is 1. The summed E-state index contributed by atoms with van der Waals surface area (Å²) in [6.07, 6.45) is 0.811. The summed E-state index contributed by atoms with van der Waals surface area (Å²) in [4.78, 5) is 51.5. The van der Waals surface area contributed by atoms with E-state index in [4.69, 9.17) is 0 Å². The average molecular weight is 412 g/mol. The van der Waals surface area contributed by atoms with E-state index in [-0.39, 0.29) is 35.8 Å². The van der Waals surface area contributed by atoms with Crippen molar-refractivity contribution in [3.63, 3.8) is 0 Å². The number of anilines is 1. The number of hydrogen-bond donors (Lipinski definition) is 2. The van der Waals surface area contributed by atoms with Gasteiger partial charge in [0.1, 0.15) is 11.4 Å². The van der Waals surface area contributed by atoms with Crippen molar-refractivity contribution in [2.75, 3.05) is 25.1 Å². The minimum absolute atomic E-state index is 0.0524. The Morgan fingerprint density at radius 2 is 1.97 bits per heavy atom. The molecule has 0 saturated carbocycles. The number of nitrogens with zero attached hydrogens (tertiary/aromatic N) is 2. The Labute approximate surface area is 174 Å². The molecular formula is C21H24N4O5. The highest BCUT2D eigenvalue weighted by atomic mass is 16.5. The first kappa shape index (κ1) is 21.1. The molecular weight excluding hydrogens is 388 g/mol. The third-order valence-corrected chi connectivity index (χ3v) is 5.16. The van der Waals surface area contributed by atoms with Crippen molar-refractivity contribution in [3.05, 3.63) is 53.9 Å². The fourth-order valence-corrected chi connectivity index (χ4v) is 3.72. The van der Waals surface area contributed by atoms with E-state index in [0.29, 0.717) is 12.1 Å². The van der Waals surface area contributed by atoms with Crippen LogP contribution in [0.3, 0.4) is 0 Å². The molecule has 1 unspecified atom stereocenters. The lowest BCUT2D eigenvalue weighted by Crippen LogP contribution is -2.36. The van der Waals surface area contributed by atoms with E-state index in [1.165, 1.54) is 18.9 Å². The second-order valence-corrected chi connectivity index (χ2v) is 7.20. The van der Waals surface area contributed by atoms with Crippen LogP contribution in [0.5, 0.6) is 0 Å². The lowest BCUT2D eigenvalue weighted by atomic mass is 10.1. The molecule has 2 aliphatic heterocycles. The highest BCUT2D eigenvalue weighted by molar-refractivity contribution is 6.07. The first-order chi connectivity index (χ1) is 14.2. The molecule has 0 spiro atoms. The van der Waals surface area contributed by atoms with Gasteiger partial charge in [-0.3, -0.25) is 19.3 Å². The number of carbonyl (C=O) groups is 4. The van der Waals surface area contributed by atoms with Gasteiger partial charge in [0.15, 0.2) is 0 Å². The van der Waals surface area contributed by atoms with E-state index >= 15 is 0 Å². The van der Waals surface area contributed by atoms with Crippen molar-refractivity contribution in [2.45, 2.75) is 25.9 Å². The summed E-state index contributed by atoms with van der Waals surface area (Å²) < 4.78 is 4.50. The van der Waals surface area contributed by atoms with E-state index in [1.54, 1.807) is 12.1 Å². The number of hydrogen-bond acceptors (Lipinski definition) is 6. The number of nitrogens with one attached hydrogen (secondary N) is 2. The van der Waals surface area contributed by atoms with E-state index < -0.39 is 11.9 Å². The Hall–Kier alpha value is -3.62. The largest absolute Gasteiger partial charge is 0.464 e. The molecule has 1 saturated heterocycles. The quantitative estimate of drug-likeness (QED) is 0.525. The summed E-state index contributed by atoms with van der Waals surface area (Å²) in [5.74, 6) is -1.90. The predicted molar refractivity (Wildman–Crippen MR) is 109 cm³/mol. The molecule has 1 aromatic carbocycles. The van der Waals surface area contributed by atoms with Crippen molar-refractivity contribution in [1.82, 2.24) is 15.5 Å². The third-order valence-electron chi connectivity index (χ3n) is 5.16. The van der Waals surface area contributed by atoms with Crippen LogP contribution in [0.4, 0.5) is 5.69 Å². The van der Waals surface area contributed by atoms with Gasteiger partial charge in [-0.05, 0) is 18.6 Å².